The smallest absolute Gasteiger partial charge is 0.220 e. The minimum atomic E-state index is 0.255. The number of nitrogens with one attached hydrogen (secondary N) is 2. The van der Waals surface area contributed by atoms with Gasteiger partial charge in [0.05, 0.1) is 0 Å². The van der Waals surface area contributed by atoms with Crippen LogP contribution in [-0.4, -0.2) is 25.5 Å². The molecule has 2 aliphatic rings. The summed E-state index contributed by atoms with van der Waals surface area (Å²) >= 11 is 0. The van der Waals surface area contributed by atoms with E-state index < -0.39 is 0 Å². The third-order valence-electron chi connectivity index (χ3n) is 4.06. The van der Waals surface area contributed by atoms with Gasteiger partial charge in [-0.15, -0.1) is 0 Å². The maximum Gasteiger partial charge on any atom is 0.220 e. The quantitative estimate of drug-likeness (QED) is 0.760. The fourth-order valence-corrected chi connectivity index (χ4v) is 2.62. The van der Waals surface area contributed by atoms with Gasteiger partial charge in [-0.3, -0.25) is 4.79 Å². The van der Waals surface area contributed by atoms with E-state index in [1.165, 1.54) is 25.7 Å². The number of carbonyl (C=O) groups excluding carboxylic acids is 1. The molecule has 1 saturated carbocycles. The molecule has 0 radical (unpaired) electrons. The first-order valence-corrected chi connectivity index (χ1v) is 6.71. The monoisotopic (exact) mass is 224 g/mol. The highest BCUT2D eigenvalue weighted by atomic mass is 16.1. The van der Waals surface area contributed by atoms with Crippen LogP contribution in [-0.2, 0) is 4.79 Å². The van der Waals surface area contributed by atoms with E-state index in [0.29, 0.717) is 5.92 Å². The Balaban J connectivity index is 1.57. The second-order valence-electron chi connectivity index (χ2n) is 5.66. The highest BCUT2D eigenvalue weighted by Gasteiger charge is 2.22. The SMILES string of the molecule is CC1CCC(CNC(=O)CC2CNC2)CC1. The van der Waals surface area contributed by atoms with E-state index in [-0.39, 0.29) is 5.91 Å². The van der Waals surface area contributed by atoms with Crippen LogP contribution in [0.4, 0.5) is 0 Å². The Kier molecular flexibility index (Phi) is 4.22. The Morgan fingerprint density at radius 1 is 1.19 bits per heavy atom. The molecule has 1 aliphatic carbocycles. The summed E-state index contributed by atoms with van der Waals surface area (Å²) in [6.45, 7) is 5.28. The van der Waals surface area contributed by atoms with Crippen molar-refractivity contribution < 1.29 is 4.79 Å². The topological polar surface area (TPSA) is 41.1 Å². The zero-order valence-electron chi connectivity index (χ0n) is 10.3. The van der Waals surface area contributed by atoms with Crippen LogP contribution in [0.3, 0.4) is 0 Å². The minimum Gasteiger partial charge on any atom is -0.356 e. The highest BCUT2D eigenvalue weighted by molar-refractivity contribution is 5.76. The van der Waals surface area contributed by atoms with Crippen molar-refractivity contribution in [2.45, 2.75) is 39.0 Å². The molecule has 0 aromatic carbocycles. The van der Waals surface area contributed by atoms with Gasteiger partial charge in [0, 0.05) is 13.0 Å². The third-order valence-corrected chi connectivity index (χ3v) is 4.06. The van der Waals surface area contributed by atoms with Gasteiger partial charge in [-0.2, -0.15) is 0 Å². The fraction of sp³-hybridized carbons (Fsp3) is 0.923. The Labute approximate surface area is 98.4 Å². The van der Waals surface area contributed by atoms with Crippen molar-refractivity contribution in [1.29, 1.82) is 0 Å². The van der Waals surface area contributed by atoms with Gasteiger partial charge >= 0.3 is 0 Å². The molecule has 0 unspecified atom stereocenters. The predicted molar refractivity (Wildman–Crippen MR) is 65.1 cm³/mol. The number of hydrogen-bond acceptors (Lipinski definition) is 2. The van der Waals surface area contributed by atoms with Crippen LogP contribution in [0.15, 0.2) is 0 Å². The predicted octanol–water partition coefficient (Wildman–Crippen LogP) is 1.54. The van der Waals surface area contributed by atoms with Crippen LogP contribution in [0.1, 0.15) is 39.0 Å². The number of amides is 1. The molecule has 1 heterocycles. The molecule has 3 nitrogen and oxygen atoms in total. The fourth-order valence-electron chi connectivity index (χ4n) is 2.62. The van der Waals surface area contributed by atoms with Crippen LogP contribution >= 0.6 is 0 Å². The molecule has 0 atom stereocenters. The largest absolute Gasteiger partial charge is 0.356 e. The zero-order chi connectivity index (χ0) is 11.4. The molecule has 2 N–H and O–H groups in total. The van der Waals surface area contributed by atoms with Gasteiger partial charge in [-0.25, -0.2) is 0 Å². The second-order valence-corrected chi connectivity index (χ2v) is 5.66. The maximum atomic E-state index is 11.6. The summed E-state index contributed by atoms with van der Waals surface area (Å²) in [5.74, 6) is 2.48. The number of rotatable bonds is 4. The standard InChI is InChI=1S/C13H24N2O/c1-10-2-4-11(5-3-10)9-15-13(16)6-12-7-14-8-12/h10-12,14H,2-9H2,1H3,(H,15,16). The first kappa shape index (κ1) is 11.9. The second kappa shape index (κ2) is 5.67. The van der Waals surface area contributed by atoms with E-state index in [0.717, 1.165) is 37.9 Å². The van der Waals surface area contributed by atoms with Gasteiger partial charge in [0.2, 0.25) is 5.91 Å². The minimum absolute atomic E-state index is 0.255. The Hall–Kier alpha value is -0.570. The van der Waals surface area contributed by atoms with Crippen LogP contribution in [0, 0.1) is 17.8 Å². The van der Waals surface area contributed by atoms with Crippen molar-refractivity contribution in [1.82, 2.24) is 10.6 Å². The lowest BCUT2D eigenvalue weighted by Crippen LogP contribution is -2.45. The van der Waals surface area contributed by atoms with Gasteiger partial charge < -0.3 is 10.6 Å². The summed E-state index contributed by atoms with van der Waals surface area (Å²) in [6, 6.07) is 0. The van der Waals surface area contributed by atoms with Crippen LogP contribution < -0.4 is 10.6 Å². The lowest BCUT2D eigenvalue weighted by Gasteiger charge is -2.28. The first-order chi connectivity index (χ1) is 7.74. The van der Waals surface area contributed by atoms with E-state index >= 15 is 0 Å². The molecule has 0 aromatic heterocycles. The average Bonchev–Trinajstić information content (AvgIpc) is 2.23. The van der Waals surface area contributed by atoms with E-state index in [4.69, 9.17) is 0 Å². The molecule has 1 aliphatic heterocycles. The van der Waals surface area contributed by atoms with Crippen molar-refractivity contribution in [3.63, 3.8) is 0 Å². The van der Waals surface area contributed by atoms with Crippen molar-refractivity contribution in [2.75, 3.05) is 19.6 Å². The number of carbonyl (C=O) groups is 1. The molecule has 16 heavy (non-hydrogen) atoms. The molecular formula is C13H24N2O. The van der Waals surface area contributed by atoms with Crippen LogP contribution in [0.5, 0.6) is 0 Å². The zero-order valence-corrected chi connectivity index (χ0v) is 10.3. The normalized spacial score (nSPS) is 30.8. The molecule has 3 heteroatoms. The van der Waals surface area contributed by atoms with E-state index in [2.05, 4.69) is 17.6 Å². The van der Waals surface area contributed by atoms with Gasteiger partial charge in [0.1, 0.15) is 0 Å². The summed E-state index contributed by atoms with van der Waals surface area (Å²) in [6.07, 6.45) is 6.00. The van der Waals surface area contributed by atoms with Gasteiger partial charge in [0.15, 0.2) is 0 Å². The van der Waals surface area contributed by atoms with Crippen molar-refractivity contribution in [3.8, 4) is 0 Å². The number of hydrogen-bond donors (Lipinski definition) is 2. The molecule has 1 saturated heterocycles. The average molecular weight is 224 g/mol. The van der Waals surface area contributed by atoms with Gasteiger partial charge in [0.25, 0.3) is 0 Å². The van der Waals surface area contributed by atoms with Crippen LogP contribution in [0.2, 0.25) is 0 Å². The lowest BCUT2D eigenvalue weighted by molar-refractivity contribution is -0.122. The molecule has 0 aromatic rings. The molecule has 92 valence electrons. The first-order valence-electron chi connectivity index (χ1n) is 6.71. The summed E-state index contributed by atoms with van der Waals surface area (Å²) in [7, 11) is 0. The lowest BCUT2D eigenvalue weighted by atomic mass is 9.83. The Morgan fingerprint density at radius 2 is 1.88 bits per heavy atom. The van der Waals surface area contributed by atoms with Gasteiger partial charge in [-0.1, -0.05) is 19.8 Å². The van der Waals surface area contributed by atoms with Crippen molar-refractivity contribution >= 4 is 5.91 Å². The Bertz CT molecular complexity index is 230. The third kappa shape index (κ3) is 3.48. The van der Waals surface area contributed by atoms with Crippen molar-refractivity contribution in [2.24, 2.45) is 17.8 Å². The Morgan fingerprint density at radius 3 is 2.44 bits per heavy atom. The van der Waals surface area contributed by atoms with Crippen LogP contribution in [0.25, 0.3) is 0 Å². The summed E-state index contributed by atoms with van der Waals surface area (Å²) in [5.41, 5.74) is 0. The molecular weight excluding hydrogens is 200 g/mol. The highest BCUT2D eigenvalue weighted by Crippen LogP contribution is 2.27. The van der Waals surface area contributed by atoms with E-state index in [1.807, 2.05) is 0 Å². The molecule has 1 amide bonds. The molecule has 2 rings (SSSR count). The summed E-state index contributed by atoms with van der Waals surface area (Å²) < 4.78 is 0. The molecule has 2 fully saturated rings. The van der Waals surface area contributed by atoms with Gasteiger partial charge in [-0.05, 0) is 43.7 Å². The summed E-state index contributed by atoms with van der Waals surface area (Å²) in [5, 5.41) is 6.30. The molecule has 0 spiro atoms. The molecule has 0 bridgehead atoms. The van der Waals surface area contributed by atoms with E-state index in [1.54, 1.807) is 0 Å². The summed E-state index contributed by atoms with van der Waals surface area (Å²) in [4.78, 5) is 11.6. The van der Waals surface area contributed by atoms with Crippen molar-refractivity contribution in [3.05, 3.63) is 0 Å². The van der Waals surface area contributed by atoms with E-state index in [9.17, 15) is 4.79 Å². The maximum absolute atomic E-state index is 11.6.